The second-order valence-corrected chi connectivity index (χ2v) is 6.78. The standard InChI is InChI=1S/C11H23NS2/c1-9(8-14-13)12(11(2,3)4)7-10-5-6-10/h9-10,13H,5-8H2,1-4H3. The van der Waals surface area contributed by atoms with Gasteiger partial charge in [0.2, 0.25) is 0 Å². The summed E-state index contributed by atoms with van der Waals surface area (Å²) in [7, 11) is 1.65. The molecule has 1 aliphatic carbocycles. The van der Waals surface area contributed by atoms with Crippen LogP contribution in [0.3, 0.4) is 0 Å². The zero-order valence-corrected chi connectivity index (χ0v) is 11.5. The lowest BCUT2D eigenvalue weighted by Gasteiger charge is -2.40. The molecular formula is C11H23NS2. The van der Waals surface area contributed by atoms with Crippen LogP contribution in [0.15, 0.2) is 0 Å². The average molecular weight is 233 g/mol. The summed E-state index contributed by atoms with van der Waals surface area (Å²) >= 11 is 4.25. The Morgan fingerprint density at radius 2 is 2.00 bits per heavy atom. The van der Waals surface area contributed by atoms with Crippen LogP contribution in [-0.2, 0) is 0 Å². The van der Waals surface area contributed by atoms with E-state index in [1.807, 2.05) is 0 Å². The fourth-order valence-corrected chi connectivity index (χ4v) is 2.93. The maximum Gasteiger partial charge on any atom is 0.0188 e. The van der Waals surface area contributed by atoms with Crippen LogP contribution in [0.1, 0.15) is 40.5 Å². The molecule has 0 heterocycles. The first kappa shape index (κ1) is 12.7. The minimum absolute atomic E-state index is 0.297. The van der Waals surface area contributed by atoms with E-state index in [4.69, 9.17) is 0 Å². The third-order valence-corrected chi connectivity index (χ3v) is 3.94. The third kappa shape index (κ3) is 4.03. The summed E-state index contributed by atoms with van der Waals surface area (Å²) in [6.45, 7) is 10.5. The molecule has 0 spiro atoms. The van der Waals surface area contributed by atoms with Crippen LogP contribution in [0.4, 0.5) is 0 Å². The molecule has 0 aromatic rings. The smallest absolute Gasteiger partial charge is 0.0188 e. The van der Waals surface area contributed by atoms with Gasteiger partial charge < -0.3 is 0 Å². The maximum absolute atomic E-state index is 4.25. The summed E-state index contributed by atoms with van der Waals surface area (Å²) in [6.07, 6.45) is 2.88. The van der Waals surface area contributed by atoms with E-state index in [9.17, 15) is 0 Å². The van der Waals surface area contributed by atoms with Gasteiger partial charge in [0.25, 0.3) is 0 Å². The molecule has 1 rings (SSSR count). The minimum Gasteiger partial charge on any atom is -0.295 e. The van der Waals surface area contributed by atoms with E-state index in [-0.39, 0.29) is 0 Å². The summed E-state index contributed by atoms with van der Waals surface area (Å²) in [6, 6.07) is 0.637. The Hall–Kier alpha value is 0.660. The van der Waals surface area contributed by atoms with E-state index in [2.05, 4.69) is 44.3 Å². The quantitative estimate of drug-likeness (QED) is 0.572. The van der Waals surface area contributed by atoms with Gasteiger partial charge in [-0.2, -0.15) is 0 Å². The molecular weight excluding hydrogens is 210 g/mol. The Labute approximate surface area is 97.8 Å². The summed E-state index contributed by atoms with van der Waals surface area (Å²) < 4.78 is 0. The highest BCUT2D eigenvalue weighted by Gasteiger charge is 2.32. The van der Waals surface area contributed by atoms with E-state index in [1.54, 1.807) is 10.8 Å². The van der Waals surface area contributed by atoms with Crippen LogP contribution in [0.25, 0.3) is 0 Å². The minimum atomic E-state index is 0.297. The van der Waals surface area contributed by atoms with Crippen LogP contribution >= 0.6 is 22.5 Å². The normalized spacial score (nSPS) is 20.1. The predicted octanol–water partition coefficient (Wildman–Crippen LogP) is 3.46. The molecule has 1 saturated carbocycles. The third-order valence-electron chi connectivity index (χ3n) is 2.86. The number of hydrogen-bond acceptors (Lipinski definition) is 3. The fraction of sp³-hybridized carbons (Fsp3) is 1.00. The van der Waals surface area contributed by atoms with E-state index in [0.717, 1.165) is 11.7 Å². The van der Waals surface area contributed by atoms with Gasteiger partial charge >= 0.3 is 0 Å². The monoisotopic (exact) mass is 233 g/mol. The van der Waals surface area contributed by atoms with Gasteiger partial charge in [0.05, 0.1) is 0 Å². The van der Waals surface area contributed by atoms with Crippen molar-refractivity contribution in [2.24, 2.45) is 5.92 Å². The number of hydrogen-bond donors (Lipinski definition) is 1. The lowest BCUT2D eigenvalue weighted by Crippen LogP contribution is -2.48. The number of thiol groups is 1. The number of nitrogens with zero attached hydrogens (tertiary/aromatic N) is 1. The Kier molecular flexibility index (Phi) is 4.66. The van der Waals surface area contributed by atoms with Crippen molar-refractivity contribution < 1.29 is 0 Å². The van der Waals surface area contributed by atoms with E-state index < -0.39 is 0 Å². The Balaban J connectivity index is 2.50. The summed E-state index contributed by atoms with van der Waals surface area (Å²) in [4.78, 5) is 2.63. The summed E-state index contributed by atoms with van der Waals surface area (Å²) in [5.41, 5.74) is 0.297. The first-order chi connectivity index (χ1) is 6.45. The molecule has 0 saturated heterocycles. The zero-order valence-electron chi connectivity index (χ0n) is 9.79. The van der Waals surface area contributed by atoms with Crippen molar-refractivity contribution in [3.05, 3.63) is 0 Å². The van der Waals surface area contributed by atoms with Gasteiger partial charge in [0.15, 0.2) is 0 Å². The second kappa shape index (κ2) is 5.13. The second-order valence-electron chi connectivity index (χ2n) is 5.41. The van der Waals surface area contributed by atoms with Crippen LogP contribution in [0, 0.1) is 5.92 Å². The van der Waals surface area contributed by atoms with Crippen LogP contribution in [-0.4, -0.2) is 28.8 Å². The lowest BCUT2D eigenvalue weighted by atomic mass is 10.0. The molecule has 14 heavy (non-hydrogen) atoms. The molecule has 1 atom stereocenters. The van der Waals surface area contributed by atoms with Crippen LogP contribution in [0.2, 0.25) is 0 Å². The van der Waals surface area contributed by atoms with E-state index in [1.165, 1.54) is 19.4 Å². The Bertz CT molecular complexity index is 173. The molecule has 1 fully saturated rings. The molecule has 0 radical (unpaired) electrons. The first-order valence-corrected chi connectivity index (χ1v) is 7.52. The molecule has 0 aromatic carbocycles. The highest BCUT2D eigenvalue weighted by atomic mass is 33.1. The topological polar surface area (TPSA) is 3.24 Å². The Morgan fingerprint density at radius 3 is 2.36 bits per heavy atom. The molecule has 0 bridgehead atoms. The van der Waals surface area contributed by atoms with Crippen molar-refractivity contribution >= 4 is 22.5 Å². The van der Waals surface area contributed by atoms with Crippen molar-refractivity contribution in [2.45, 2.75) is 52.1 Å². The van der Waals surface area contributed by atoms with Gasteiger partial charge in [0, 0.05) is 23.9 Å². The van der Waals surface area contributed by atoms with E-state index >= 15 is 0 Å². The van der Waals surface area contributed by atoms with Crippen molar-refractivity contribution in [1.29, 1.82) is 0 Å². The average Bonchev–Trinajstić information content (AvgIpc) is 2.81. The molecule has 0 aromatic heterocycles. The molecule has 3 heteroatoms. The van der Waals surface area contributed by atoms with Gasteiger partial charge in [0.1, 0.15) is 0 Å². The molecule has 1 nitrogen and oxygen atoms in total. The Morgan fingerprint density at radius 1 is 1.43 bits per heavy atom. The molecule has 0 amide bonds. The SMILES string of the molecule is CC(CSS)N(CC1CC1)C(C)(C)C. The largest absolute Gasteiger partial charge is 0.295 e. The summed E-state index contributed by atoms with van der Waals surface area (Å²) in [5.74, 6) is 2.09. The molecule has 0 N–H and O–H groups in total. The maximum atomic E-state index is 4.25. The lowest BCUT2D eigenvalue weighted by molar-refractivity contribution is 0.0954. The van der Waals surface area contributed by atoms with E-state index in [0.29, 0.717) is 11.6 Å². The van der Waals surface area contributed by atoms with Gasteiger partial charge in [-0.3, -0.25) is 4.90 Å². The van der Waals surface area contributed by atoms with Gasteiger partial charge in [-0.25, -0.2) is 0 Å². The molecule has 1 unspecified atom stereocenters. The van der Waals surface area contributed by atoms with Crippen LogP contribution in [0.5, 0.6) is 0 Å². The highest BCUT2D eigenvalue weighted by molar-refractivity contribution is 8.68. The first-order valence-electron chi connectivity index (χ1n) is 5.48. The molecule has 84 valence electrons. The van der Waals surface area contributed by atoms with Gasteiger partial charge in [-0.15, -0.1) is 11.7 Å². The number of rotatable bonds is 5. The fourth-order valence-electron chi connectivity index (χ4n) is 1.89. The van der Waals surface area contributed by atoms with Crippen molar-refractivity contribution in [3.63, 3.8) is 0 Å². The summed E-state index contributed by atoms with van der Waals surface area (Å²) in [5, 5.41) is 0. The highest BCUT2D eigenvalue weighted by Crippen LogP contribution is 2.33. The van der Waals surface area contributed by atoms with Gasteiger partial charge in [-0.05, 0) is 46.5 Å². The van der Waals surface area contributed by atoms with Crippen LogP contribution < -0.4 is 0 Å². The van der Waals surface area contributed by atoms with Crippen molar-refractivity contribution in [2.75, 3.05) is 12.3 Å². The van der Waals surface area contributed by atoms with Gasteiger partial charge in [-0.1, -0.05) is 10.8 Å². The van der Waals surface area contributed by atoms with Crippen molar-refractivity contribution in [3.8, 4) is 0 Å². The van der Waals surface area contributed by atoms with Crippen molar-refractivity contribution in [1.82, 2.24) is 4.90 Å². The molecule has 1 aliphatic rings. The molecule has 0 aliphatic heterocycles. The zero-order chi connectivity index (χ0) is 10.8. The predicted molar refractivity (Wildman–Crippen MR) is 70.1 cm³/mol.